The quantitative estimate of drug-likeness (QED) is 0.915. The van der Waals surface area contributed by atoms with Crippen molar-refractivity contribution in [2.45, 2.75) is 19.5 Å². The maximum Gasteiger partial charge on any atom is 0.231 e. The Kier molecular flexibility index (Phi) is 3.86. The van der Waals surface area contributed by atoms with Crippen molar-refractivity contribution in [2.24, 2.45) is 5.73 Å². The van der Waals surface area contributed by atoms with Gasteiger partial charge in [0.1, 0.15) is 5.76 Å². The molecule has 21 heavy (non-hydrogen) atoms. The van der Waals surface area contributed by atoms with Gasteiger partial charge in [-0.15, -0.1) is 0 Å². The Hall–Kier alpha value is -1.98. The van der Waals surface area contributed by atoms with E-state index in [9.17, 15) is 0 Å². The normalized spacial score (nSPS) is 14.7. The average molecular weight is 288 g/mol. The fourth-order valence-corrected chi connectivity index (χ4v) is 2.65. The Balaban J connectivity index is 1.79. The van der Waals surface area contributed by atoms with Gasteiger partial charge in [0.2, 0.25) is 6.79 Å². The zero-order valence-corrected chi connectivity index (χ0v) is 12.3. The summed E-state index contributed by atoms with van der Waals surface area (Å²) in [6, 6.07) is 8.12. The lowest BCUT2D eigenvalue weighted by Gasteiger charge is -2.27. The van der Waals surface area contributed by atoms with Crippen LogP contribution >= 0.6 is 0 Å². The van der Waals surface area contributed by atoms with Crippen LogP contribution in [0, 0.1) is 6.92 Å². The summed E-state index contributed by atoms with van der Waals surface area (Å²) in [6.07, 6.45) is 1.72. The molecule has 0 fully saturated rings. The van der Waals surface area contributed by atoms with Crippen molar-refractivity contribution in [3.63, 3.8) is 0 Å². The van der Waals surface area contributed by atoms with Gasteiger partial charge in [0, 0.05) is 24.7 Å². The summed E-state index contributed by atoms with van der Waals surface area (Å²) in [4.78, 5) is 2.22. The minimum Gasteiger partial charge on any atom is -0.469 e. The first-order chi connectivity index (χ1) is 10.2. The van der Waals surface area contributed by atoms with Crippen molar-refractivity contribution < 1.29 is 13.9 Å². The van der Waals surface area contributed by atoms with Crippen molar-refractivity contribution in [2.75, 3.05) is 20.4 Å². The van der Waals surface area contributed by atoms with Gasteiger partial charge in [-0.3, -0.25) is 4.90 Å². The second-order valence-electron chi connectivity index (χ2n) is 5.28. The number of rotatable bonds is 5. The van der Waals surface area contributed by atoms with Crippen LogP contribution in [0.4, 0.5) is 0 Å². The number of ether oxygens (including phenoxy) is 2. The number of aryl methyl sites for hydroxylation is 1. The van der Waals surface area contributed by atoms with Crippen molar-refractivity contribution in [3.05, 3.63) is 47.4 Å². The summed E-state index contributed by atoms with van der Waals surface area (Å²) in [5.41, 5.74) is 8.29. The summed E-state index contributed by atoms with van der Waals surface area (Å²) in [5, 5.41) is 0. The molecule has 1 aromatic heterocycles. The molecule has 2 aromatic rings. The molecule has 1 aliphatic heterocycles. The van der Waals surface area contributed by atoms with Crippen LogP contribution in [0.3, 0.4) is 0 Å². The predicted octanol–water partition coefficient (Wildman–Crippen LogP) is 2.45. The monoisotopic (exact) mass is 288 g/mol. The van der Waals surface area contributed by atoms with Gasteiger partial charge in [0.05, 0.1) is 6.26 Å². The van der Waals surface area contributed by atoms with Crippen molar-refractivity contribution >= 4 is 0 Å². The summed E-state index contributed by atoms with van der Waals surface area (Å²) < 4.78 is 16.1. The SMILES string of the molecule is Cc1occc1CN(C)C(CN)c1ccc2c(c1)OCO2. The highest BCUT2D eigenvalue weighted by atomic mass is 16.7. The van der Waals surface area contributed by atoms with Crippen molar-refractivity contribution in [1.82, 2.24) is 4.90 Å². The molecule has 2 N–H and O–H groups in total. The lowest BCUT2D eigenvalue weighted by Crippen LogP contribution is -2.30. The molecular formula is C16H20N2O3. The molecule has 0 radical (unpaired) electrons. The molecule has 0 amide bonds. The topological polar surface area (TPSA) is 60.9 Å². The van der Waals surface area contributed by atoms with Crippen molar-refractivity contribution in [3.8, 4) is 11.5 Å². The van der Waals surface area contributed by atoms with Crippen LogP contribution in [0.5, 0.6) is 11.5 Å². The highest BCUT2D eigenvalue weighted by Gasteiger charge is 2.21. The fraction of sp³-hybridized carbons (Fsp3) is 0.375. The molecule has 3 rings (SSSR count). The lowest BCUT2D eigenvalue weighted by molar-refractivity contribution is 0.173. The van der Waals surface area contributed by atoms with Gasteiger partial charge >= 0.3 is 0 Å². The number of likely N-dealkylation sites (N-methyl/N-ethyl adjacent to an activating group) is 1. The Morgan fingerprint density at radius 3 is 2.76 bits per heavy atom. The number of hydrogen-bond acceptors (Lipinski definition) is 5. The zero-order valence-electron chi connectivity index (χ0n) is 12.3. The summed E-state index contributed by atoms with van der Waals surface area (Å²) >= 11 is 0. The molecule has 0 aliphatic carbocycles. The second kappa shape index (κ2) is 5.79. The van der Waals surface area contributed by atoms with Gasteiger partial charge in [-0.25, -0.2) is 0 Å². The first-order valence-electron chi connectivity index (χ1n) is 7.02. The molecule has 2 heterocycles. The van der Waals surface area contributed by atoms with E-state index in [0.29, 0.717) is 6.54 Å². The molecule has 0 saturated heterocycles. The number of nitrogens with zero attached hydrogens (tertiary/aromatic N) is 1. The van der Waals surface area contributed by atoms with Crippen LogP contribution in [-0.2, 0) is 6.54 Å². The number of nitrogens with two attached hydrogens (primary N) is 1. The van der Waals surface area contributed by atoms with Crippen LogP contribution in [0.25, 0.3) is 0 Å². The second-order valence-corrected chi connectivity index (χ2v) is 5.28. The fourth-order valence-electron chi connectivity index (χ4n) is 2.65. The Bertz CT molecular complexity index is 624. The third-order valence-corrected chi connectivity index (χ3v) is 3.92. The van der Waals surface area contributed by atoms with Crippen LogP contribution in [-0.4, -0.2) is 25.3 Å². The van der Waals surface area contributed by atoms with Crippen LogP contribution in [0.1, 0.15) is 22.9 Å². The number of furan rings is 1. The van der Waals surface area contributed by atoms with Gasteiger partial charge in [-0.2, -0.15) is 0 Å². The van der Waals surface area contributed by atoms with Gasteiger partial charge in [-0.1, -0.05) is 6.07 Å². The third kappa shape index (κ3) is 2.75. The third-order valence-electron chi connectivity index (χ3n) is 3.92. The molecule has 5 nitrogen and oxygen atoms in total. The van der Waals surface area contributed by atoms with Crippen molar-refractivity contribution in [1.29, 1.82) is 0 Å². The highest BCUT2D eigenvalue weighted by molar-refractivity contribution is 5.45. The van der Waals surface area contributed by atoms with Gasteiger partial charge in [-0.05, 0) is 37.7 Å². The smallest absolute Gasteiger partial charge is 0.231 e. The summed E-state index contributed by atoms with van der Waals surface area (Å²) in [5.74, 6) is 2.53. The van der Waals surface area contributed by atoms with E-state index in [1.165, 1.54) is 5.56 Å². The maximum absolute atomic E-state index is 5.98. The van der Waals surface area contributed by atoms with E-state index < -0.39 is 0 Å². The first-order valence-corrected chi connectivity index (χ1v) is 7.02. The Morgan fingerprint density at radius 2 is 2.05 bits per heavy atom. The van der Waals surface area contributed by atoms with E-state index >= 15 is 0 Å². The zero-order chi connectivity index (χ0) is 14.8. The molecule has 0 spiro atoms. The lowest BCUT2D eigenvalue weighted by atomic mass is 10.0. The van der Waals surface area contributed by atoms with E-state index in [1.54, 1.807) is 6.26 Å². The largest absolute Gasteiger partial charge is 0.469 e. The Labute approximate surface area is 124 Å². The van der Waals surface area contributed by atoms with Crippen LogP contribution in [0.2, 0.25) is 0 Å². The maximum atomic E-state index is 5.98. The van der Waals surface area contributed by atoms with E-state index in [4.69, 9.17) is 19.6 Å². The summed E-state index contributed by atoms with van der Waals surface area (Å²) in [7, 11) is 2.06. The van der Waals surface area contributed by atoms with Gasteiger partial charge in [0.15, 0.2) is 11.5 Å². The standard InChI is InChI=1S/C16H20N2O3/c1-11-13(5-6-19-11)9-18(2)14(8-17)12-3-4-15-16(7-12)21-10-20-15/h3-7,14H,8-10,17H2,1-2H3. The van der Waals surface area contributed by atoms with E-state index in [-0.39, 0.29) is 12.8 Å². The molecule has 1 aromatic carbocycles. The van der Waals surface area contributed by atoms with Crippen LogP contribution < -0.4 is 15.2 Å². The number of benzene rings is 1. The molecule has 112 valence electrons. The molecule has 1 aliphatic rings. The van der Waals surface area contributed by atoms with E-state index in [1.807, 2.05) is 31.2 Å². The molecule has 0 saturated carbocycles. The Morgan fingerprint density at radius 1 is 1.24 bits per heavy atom. The van der Waals surface area contributed by atoms with E-state index in [0.717, 1.165) is 29.4 Å². The average Bonchev–Trinajstić information content (AvgIpc) is 3.09. The summed E-state index contributed by atoms with van der Waals surface area (Å²) in [6.45, 7) is 3.59. The number of fused-ring (bicyclic) bond motifs is 1. The number of hydrogen-bond donors (Lipinski definition) is 1. The predicted molar refractivity (Wildman–Crippen MR) is 79.3 cm³/mol. The molecular weight excluding hydrogens is 268 g/mol. The molecule has 0 bridgehead atoms. The molecule has 1 unspecified atom stereocenters. The van der Waals surface area contributed by atoms with Gasteiger partial charge in [0.25, 0.3) is 0 Å². The van der Waals surface area contributed by atoms with E-state index in [2.05, 4.69) is 11.9 Å². The highest BCUT2D eigenvalue weighted by Crippen LogP contribution is 2.35. The van der Waals surface area contributed by atoms with Crippen LogP contribution in [0.15, 0.2) is 34.9 Å². The molecule has 5 heteroatoms. The molecule has 1 atom stereocenters. The minimum absolute atomic E-state index is 0.119. The first kappa shape index (κ1) is 14.0. The van der Waals surface area contributed by atoms with Gasteiger partial charge < -0.3 is 19.6 Å². The minimum atomic E-state index is 0.119.